The van der Waals surface area contributed by atoms with Crippen LogP contribution in [0.4, 0.5) is 4.79 Å². The highest BCUT2D eigenvalue weighted by Gasteiger charge is 2.21. The number of benzene rings is 2. The van der Waals surface area contributed by atoms with Gasteiger partial charge in [0.05, 0.1) is 10.9 Å². The lowest BCUT2D eigenvalue weighted by atomic mass is 10.1. The van der Waals surface area contributed by atoms with Crippen molar-refractivity contribution in [2.45, 2.75) is 24.4 Å². The first-order valence-electron chi connectivity index (χ1n) is 8.73. The van der Waals surface area contributed by atoms with Crippen molar-refractivity contribution in [3.8, 4) is 11.5 Å². The summed E-state index contributed by atoms with van der Waals surface area (Å²) in [5.41, 5.74) is 1.39. The smallest absolute Gasteiger partial charge is 0.315 e. The molecular formula is C19H23N3O5S. The maximum atomic E-state index is 12.4. The number of nitrogens with zero attached hydrogens (tertiary/aromatic N) is 1. The molecule has 1 atom stereocenters. The van der Waals surface area contributed by atoms with Gasteiger partial charge in [0.1, 0.15) is 0 Å². The molecule has 1 aliphatic heterocycles. The molecule has 2 amide bonds. The number of fused-ring (bicyclic) bond motifs is 1. The minimum absolute atomic E-state index is 0.0862. The third-order valence-electron chi connectivity index (χ3n) is 4.41. The summed E-state index contributed by atoms with van der Waals surface area (Å²) in [7, 11) is -0.648. The molecule has 0 saturated heterocycles. The topological polar surface area (TPSA) is 97.0 Å². The molecule has 0 aliphatic carbocycles. The van der Waals surface area contributed by atoms with Crippen molar-refractivity contribution in [1.29, 1.82) is 0 Å². The van der Waals surface area contributed by atoms with Crippen molar-refractivity contribution in [2.75, 3.05) is 20.9 Å². The molecule has 0 aromatic heterocycles. The fraction of sp³-hybridized carbons (Fsp3) is 0.316. The fourth-order valence-corrected chi connectivity index (χ4v) is 3.90. The minimum atomic E-state index is -3.59. The molecule has 2 N–H and O–H groups in total. The van der Waals surface area contributed by atoms with Crippen molar-refractivity contribution in [3.63, 3.8) is 0 Å². The quantitative estimate of drug-likeness (QED) is 0.768. The molecule has 1 heterocycles. The van der Waals surface area contributed by atoms with Gasteiger partial charge >= 0.3 is 6.03 Å². The Morgan fingerprint density at radius 1 is 1.14 bits per heavy atom. The SMILES string of the molecule is CC(NC(=O)NCc1ccccc1S(=O)(=O)N(C)C)c1ccc2c(c1)OCO2. The Morgan fingerprint density at radius 2 is 1.86 bits per heavy atom. The molecule has 0 spiro atoms. The van der Waals surface area contributed by atoms with Gasteiger partial charge < -0.3 is 20.1 Å². The van der Waals surface area contributed by atoms with Crippen LogP contribution >= 0.6 is 0 Å². The molecule has 28 heavy (non-hydrogen) atoms. The van der Waals surface area contributed by atoms with Crippen LogP contribution in [0, 0.1) is 0 Å². The molecule has 3 rings (SSSR count). The molecule has 0 bridgehead atoms. The van der Waals surface area contributed by atoms with Gasteiger partial charge in [-0.3, -0.25) is 0 Å². The number of hydrogen-bond acceptors (Lipinski definition) is 5. The van der Waals surface area contributed by atoms with Gasteiger partial charge in [-0.2, -0.15) is 0 Å². The average Bonchev–Trinajstić information content (AvgIpc) is 3.14. The van der Waals surface area contributed by atoms with E-state index in [1.807, 2.05) is 19.1 Å². The Balaban J connectivity index is 1.64. The first-order valence-corrected chi connectivity index (χ1v) is 10.2. The third-order valence-corrected chi connectivity index (χ3v) is 6.33. The zero-order valence-electron chi connectivity index (χ0n) is 15.9. The monoisotopic (exact) mass is 405 g/mol. The predicted molar refractivity (Wildman–Crippen MR) is 104 cm³/mol. The molecule has 2 aromatic carbocycles. The minimum Gasteiger partial charge on any atom is -0.454 e. The number of carbonyl (C=O) groups excluding carboxylic acids is 1. The Hall–Kier alpha value is -2.78. The highest BCUT2D eigenvalue weighted by atomic mass is 32.2. The summed E-state index contributed by atoms with van der Waals surface area (Å²) in [5.74, 6) is 1.33. The molecule has 150 valence electrons. The van der Waals surface area contributed by atoms with Crippen molar-refractivity contribution in [2.24, 2.45) is 0 Å². The maximum Gasteiger partial charge on any atom is 0.315 e. The van der Waals surface area contributed by atoms with Gasteiger partial charge in [0.15, 0.2) is 11.5 Å². The Kier molecular flexibility index (Phi) is 5.76. The van der Waals surface area contributed by atoms with E-state index in [1.165, 1.54) is 20.2 Å². The highest BCUT2D eigenvalue weighted by Crippen LogP contribution is 2.34. The summed E-state index contributed by atoms with van der Waals surface area (Å²) < 4.78 is 36.6. The summed E-state index contributed by atoms with van der Waals surface area (Å²) in [6.45, 7) is 2.13. The molecule has 8 nitrogen and oxygen atoms in total. The van der Waals surface area contributed by atoms with Gasteiger partial charge in [0.25, 0.3) is 0 Å². The standard InChI is InChI=1S/C19H23N3O5S/c1-13(14-8-9-16-17(10-14)27-12-26-16)21-19(23)20-11-15-6-4-5-7-18(15)28(24,25)22(2)3/h4-10,13H,11-12H2,1-3H3,(H2,20,21,23). The van der Waals surface area contributed by atoms with Crippen LogP contribution in [-0.4, -0.2) is 39.6 Å². The van der Waals surface area contributed by atoms with E-state index in [0.29, 0.717) is 17.1 Å². The molecule has 2 aromatic rings. The molecule has 0 fully saturated rings. The van der Waals surface area contributed by atoms with Crippen molar-refractivity contribution in [1.82, 2.24) is 14.9 Å². The first-order chi connectivity index (χ1) is 13.3. The second kappa shape index (κ2) is 8.07. The summed E-state index contributed by atoms with van der Waals surface area (Å²) in [4.78, 5) is 12.5. The van der Waals surface area contributed by atoms with E-state index in [2.05, 4.69) is 10.6 Å². The molecule has 1 unspecified atom stereocenters. The lowest BCUT2D eigenvalue weighted by Gasteiger charge is -2.17. The summed E-state index contributed by atoms with van der Waals surface area (Å²) in [6.07, 6.45) is 0. The lowest BCUT2D eigenvalue weighted by Crippen LogP contribution is -2.37. The van der Waals surface area contributed by atoms with E-state index in [0.717, 1.165) is 9.87 Å². The Bertz CT molecular complexity index is 975. The van der Waals surface area contributed by atoms with Crippen LogP contribution in [0.3, 0.4) is 0 Å². The van der Waals surface area contributed by atoms with Crippen LogP contribution in [0.5, 0.6) is 11.5 Å². The normalized spacial score (nSPS) is 14.0. The van der Waals surface area contributed by atoms with E-state index < -0.39 is 16.1 Å². The van der Waals surface area contributed by atoms with Crippen molar-refractivity contribution in [3.05, 3.63) is 53.6 Å². The third kappa shape index (κ3) is 4.20. The number of nitrogens with one attached hydrogen (secondary N) is 2. The van der Waals surface area contributed by atoms with Crippen LogP contribution < -0.4 is 20.1 Å². The summed E-state index contributed by atoms with van der Waals surface area (Å²) >= 11 is 0. The number of sulfonamides is 1. The van der Waals surface area contributed by atoms with E-state index >= 15 is 0 Å². The van der Waals surface area contributed by atoms with Crippen LogP contribution in [-0.2, 0) is 16.6 Å². The number of hydrogen-bond donors (Lipinski definition) is 2. The maximum absolute atomic E-state index is 12.4. The summed E-state index contributed by atoms with van der Waals surface area (Å²) in [6, 6.07) is 11.4. The second-order valence-electron chi connectivity index (χ2n) is 6.56. The first kappa shape index (κ1) is 20.0. The average molecular weight is 405 g/mol. The van der Waals surface area contributed by atoms with Crippen LogP contribution in [0.2, 0.25) is 0 Å². The van der Waals surface area contributed by atoms with E-state index in [1.54, 1.807) is 24.3 Å². The van der Waals surface area contributed by atoms with Gasteiger partial charge in [-0.05, 0) is 36.2 Å². The van der Waals surface area contributed by atoms with Crippen LogP contribution in [0.25, 0.3) is 0 Å². The second-order valence-corrected chi connectivity index (χ2v) is 8.68. The zero-order valence-corrected chi connectivity index (χ0v) is 16.7. The molecular weight excluding hydrogens is 382 g/mol. The fourth-order valence-electron chi connectivity index (χ4n) is 2.79. The van der Waals surface area contributed by atoms with Crippen LogP contribution in [0.1, 0.15) is 24.1 Å². The largest absolute Gasteiger partial charge is 0.454 e. The van der Waals surface area contributed by atoms with E-state index in [-0.39, 0.29) is 24.3 Å². The predicted octanol–water partition coefficient (Wildman–Crippen LogP) is 2.23. The Labute approximate surface area is 164 Å². The van der Waals surface area contributed by atoms with Gasteiger partial charge in [0, 0.05) is 20.6 Å². The zero-order chi connectivity index (χ0) is 20.3. The van der Waals surface area contributed by atoms with Crippen molar-refractivity contribution >= 4 is 16.1 Å². The van der Waals surface area contributed by atoms with Gasteiger partial charge in [-0.15, -0.1) is 0 Å². The molecule has 0 radical (unpaired) electrons. The lowest BCUT2D eigenvalue weighted by molar-refractivity contribution is 0.174. The van der Waals surface area contributed by atoms with Crippen molar-refractivity contribution < 1.29 is 22.7 Å². The number of ether oxygens (including phenoxy) is 2. The van der Waals surface area contributed by atoms with E-state index in [4.69, 9.17) is 9.47 Å². The van der Waals surface area contributed by atoms with Crippen LogP contribution in [0.15, 0.2) is 47.4 Å². The Morgan fingerprint density at radius 3 is 2.61 bits per heavy atom. The van der Waals surface area contributed by atoms with Gasteiger partial charge in [-0.25, -0.2) is 17.5 Å². The molecule has 0 saturated carbocycles. The number of amides is 2. The highest BCUT2D eigenvalue weighted by molar-refractivity contribution is 7.89. The van der Waals surface area contributed by atoms with E-state index in [9.17, 15) is 13.2 Å². The molecule has 1 aliphatic rings. The van der Waals surface area contributed by atoms with Gasteiger partial charge in [-0.1, -0.05) is 24.3 Å². The number of carbonyl (C=O) groups is 1. The summed E-state index contributed by atoms with van der Waals surface area (Å²) in [5, 5.41) is 5.55. The number of rotatable bonds is 6. The van der Waals surface area contributed by atoms with Gasteiger partial charge in [0.2, 0.25) is 16.8 Å². The number of urea groups is 1. The molecule has 9 heteroatoms.